The van der Waals surface area contributed by atoms with Crippen molar-refractivity contribution in [1.29, 1.82) is 0 Å². The van der Waals surface area contributed by atoms with Crippen LogP contribution in [0.5, 0.6) is 0 Å². The standard InChI is InChI=1S/C6H7ClN2S/c7-4-1-2-6(10)9-5(4)3-8/h1-2H,3,8H2,(H,9,10). The summed E-state index contributed by atoms with van der Waals surface area (Å²) in [7, 11) is 0. The molecular formula is C6H7ClN2S. The average Bonchev–Trinajstić information content (AvgIpc) is 1.94. The van der Waals surface area contributed by atoms with Crippen molar-refractivity contribution in [2.24, 2.45) is 5.73 Å². The molecule has 0 aromatic carbocycles. The number of halogens is 1. The van der Waals surface area contributed by atoms with Crippen molar-refractivity contribution in [2.45, 2.75) is 6.54 Å². The summed E-state index contributed by atoms with van der Waals surface area (Å²) in [5.41, 5.74) is 6.14. The summed E-state index contributed by atoms with van der Waals surface area (Å²) in [5.74, 6) is 0. The van der Waals surface area contributed by atoms with Crippen molar-refractivity contribution >= 4 is 23.8 Å². The van der Waals surface area contributed by atoms with Crippen LogP contribution < -0.4 is 5.73 Å². The van der Waals surface area contributed by atoms with E-state index in [1.54, 1.807) is 12.1 Å². The van der Waals surface area contributed by atoms with Crippen LogP contribution in [0.15, 0.2) is 12.1 Å². The van der Waals surface area contributed by atoms with Crippen molar-refractivity contribution in [3.63, 3.8) is 0 Å². The molecule has 0 saturated heterocycles. The van der Waals surface area contributed by atoms with Crippen LogP contribution in [0.1, 0.15) is 5.69 Å². The van der Waals surface area contributed by atoms with E-state index in [2.05, 4.69) is 4.98 Å². The molecule has 0 unspecified atom stereocenters. The van der Waals surface area contributed by atoms with E-state index in [4.69, 9.17) is 29.6 Å². The SMILES string of the molecule is NCc1[nH]c(=S)ccc1Cl. The van der Waals surface area contributed by atoms with Crippen molar-refractivity contribution in [2.75, 3.05) is 0 Å². The van der Waals surface area contributed by atoms with E-state index in [-0.39, 0.29) is 0 Å². The first-order valence-electron chi connectivity index (χ1n) is 2.82. The molecule has 0 aliphatic heterocycles. The number of nitrogens with two attached hydrogens (primary N) is 1. The summed E-state index contributed by atoms with van der Waals surface area (Å²) >= 11 is 10.6. The Labute approximate surface area is 69.0 Å². The zero-order valence-corrected chi connectivity index (χ0v) is 6.80. The Morgan fingerprint density at radius 1 is 1.60 bits per heavy atom. The van der Waals surface area contributed by atoms with Crippen molar-refractivity contribution in [3.05, 3.63) is 27.5 Å². The Kier molecular flexibility index (Phi) is 2.43. The molecule has 0 aliphatic carbocycles. The Bertz CT molecular complexity index is 281. The molecule has 10 heavy (non-hydrogen) atoms. The van der Waals surface area contributed by atoms with Gasteiger partial charge < -0.3 is 10.7 Å². The fraction of sp³-hybridized carbons (Fsp3) is 0.167. The first kappa shape index (κ1) is 7.72. The Balaban J connectivity index is 3.22. The molecule has 0 fully saturated rings. The summed E-state index contributed by atoms with van der Waals surface area (Å²) in [6, 6.07) is 3.47. The van der Waals surface area contributed by atoms with Gasteiger partial charge in [0.15, 0.2) is 0 Å². The summed E-state index contributed by atoms with van der Waals surface area (Å²) in [6.45, 7) is 0.392. The fourth-order valence-corrected chi connectivity index (χ4v) is 1.03. The molecule has 0 atom stereocenters. The van der Waals surface area contributed by atoms with Gasteiger partial charge in [-0.2, -0.15) is 0 Å². The first-order valence-corrected chi connectivity index (χ1v) is 3.60. The predicted molar refractivity (Wildman–Crippen MR) is 44.5 cm³/mol. The lowest BCUT2D eigenvalue weighted by atomic mass is 10.3. The highest BCUT2D eigenvalue weighted by Gasteiger charge is 1.94. The van der Waals surface area contributed by atoms with Crippen molar-refractivity contribution < 1.29 is 0 Å². The molecule has 0 bridgehead atoms. The largest absolute Gasteiger partial charge is 0.348 e. The van der Waals surface area contributed by atoms with Crippen LogP contribution in [-0.2, 0) is 6.54 Å². The number of aromatic nitrogens is 1. The maximum Gasteiger partial charge on any atom is 0.103 e. The maximum absolute atomic E-state index is 5.74. The third-order valence-electron chi connectivity index (χ3n) is 1.15. The number of aromatic amines is 1. The molecular weight excluding hydrogens is 168 g/mol. The Morgan fingerprint density at radius 2 is 2.30 bits per heavy atom. The monoisotopic (exact) mass is 174 g/mol. The van der Waals surface area contributed by atoms with E-state index < -0.39 is 0 Å². The summed E-state index contributed by atoms with van der Waals surface area (Å²) < 4.78 is 0.657. The average molecular weight is 175 g/mol. The van der Waals surface area contributed by atoms with Gasteiger partial charge in [0.25, 0.3) is 0 Å². The minimum Gasteiger partial charge on any atom is -0.348 e. The van der Waals surface area contributed by atoms with Crippen LogP contribution in [0.4, 0.5) is 0 Å². The van der Waals surface area contributed by atoms with Crippen LogP contribution >= 0.6 is 23.8 Å². The summed E-state index contributed by atoms with van der Waals surface area (Å²) in [4.78, 5) is 2.88. The second kappa shape index (κ2) is 3.14. The molecule has 0 aliphatic rings. The van der Waals surface area contributed by atoms with Gasteiger partial charge >= 0.3 is 0 Å². The number of rotatable bonds is 1. The van der Waals surface area contributed by atoms with Gasteiger partial charge in [-0.3, -0.25) is 0 Å². The van der Waals surface area contributed by atoms with Crippen LogP contribution in [0.2, 0.25) is 5.02 Å². The van der Waals surface area contributed by atoms with Crippen molar-refractivity contribution in [3.8, 4) is 0 Å². The topological polar surface area (TPSA) is 41.8 Å². The first-order chi connectivity index (χ1) is 4.74. The Hall–Kier alpha value is -0.380. The lowest BCUT2D eigenvalue weighted by Crippen LogP contribution is -1.99. The smallest absolute Gasteiger partial charge is 0.103 e. The number of nitrogens with one attached hydrogen (secondary N) is 1. The summed E-state index contributed by atoms with van der Waals surface area (Å²) in [5, 5.41) is 0.635. The van der Waals surface area contributed by atoms with Gasteiger partial charge in [0.05, 0.1) is 5.02 Å². The molecule has 0 spiro atoms. The Morgan fingerprint density at radius 3 is 2.80 bits per heavy atom. The molecule has 0 radical (unpaired) electrons. The fourth-order valence-electron chi connectivity index (χ4n) is 0.648. The normalized spacial score (nSPS) is 9.80. The van der Waals surface area contributed by atoms with Crippen LogP contribution in [-0.4, -0.2) is 4.98 Å². The minimum atomic E-state index is 0.392. The molecule has 1 heterocycles. The van der Waals surface area contributed by atoms with E-state index in [0.29, 0.717) is 16.2 Å². The van der Waals surface area contributed by atoms with E-state index in [9.17, 15) is 0 Å². The van der Waals surface area contributed by atoms with E-state index in [1.165, 1.54) is 0 Å². The van der Waals surface area contributed by atoms with Crippen LogP contribution in [0.25, 0.3) is 0 Å². The zero-order chi connectivity index (χ0) is 7.56. The number of pyridine rings is 1. The molecule has 0 saturated carbocycles. The summed E-state index contributed by atoms with van der Waals surface area (Å²) in [6.07, 6.45) is 0. The van der Waals surface area contributed by atoms with Gasteiger partial charge in [-0.05, 0) is 12.1 Å². The van der Waals surface area contributed by atoms with Gasteiger partial charge in [-0.1, -0.05) is 23.8 Å². The van der Waals surface area contributed by atoms with Gasteiger partial charge in [0, 0.05) is 12.2 Å². The minimum absolute atomic E-state index is 0.392. The second-order valence-corrected chi connectivity index (χ2v) is 2.70. The molecule has 0 amide bonds. The van der Waals surface area contributed by atoms with E-state index in [1.807, 2.05) is 0 Å². The van der Waals surface area contributed by atoms with Gasteiger partial charge in [-0.15, -0.1) is 0 Å². The highest BCUT2D eigenvalue weighted by atomic mass is 35.5. The van der Waals surface area contributed by atoms with Crippen LogP contribution in [0.3, 0.4) is 0 Å². The molecule has 4 heteroatoms. The highest BCUT2D eigenvalue weighted by Crippen LogP contribution is 2.11. The molecule has 1 rings (SSSR count). The van der Waals surface area contributed by atoms with E-state index >= 15 is 0 Å². The zero-order valence-electron chi connectivity index (χ0n) is 5.23. The third-order valence-corrected chi connectivity index (χ3v) is 1.74. The number of hydrogen-bond acceptors (Lipinski definition) is 2. The molecule has 1 aromatic rings. The van der Waals surface area contributed by atoms with Gasteiger partial charge in [0.1, 0.15) is 4.64 Å². The van der Waals surface area contributed by atoms with Crippen molar-refractivity contribution in [1.82, 2.24) is 4.98 Å². The second-order valence-electron chi connectivity index (χ2n) is 1.85. The van der Waals surface area contributed by atoms with Gasteiger partial charge in [-0.25, -0.2) is 0 Å². The maximum atomic E-state index is 5.74. The molecule has 54 valence electrons. The third kappa shape index (κ3) is 1.56. The lowest BCUT2D eigenvalue weighted by Gasteiger charge is -1.98. The van der Waals surface area contributed by atoms with E-state index in [0.717, 1.165) is 5.69 Å². The molecule has 2 nitrogen and oxygen atoms in total. The quantitative estimate of drug-likeness (QED) is 0.639. The molecule has 1 aromatic heterocycles. The van der Waals surface area contributed by atoms with Crippen LogP contribution in [0, 0.1) is 4.64 Å². The van der Waals surface area contributed by atoms with Gasteiger partial charge in [0.2, 0.25) is 0 Å². The number of H-pyrrole nitrogens is 1. The predicted octanol–water partition coefficient (Wildman–Crippen LogP) is 1.86. The lowest BCUT2D eigenvalue weighted by molar-refractivity contribution is 0.985. The highest BCUT2D eigenvalue weighted by molar-refractivity contribution is 7.71. The molecule has 3 N–H and O–H groups in total. The number of hydrogen-bond donors (Lipinski definition) is 2.